The molecule has 0 radical (unpaired) electrons. The van der Waals surface area contributed by atoms with Gasteiger partial charge in [0.05, 0.1) is 7.11 Å². The Morgan fingerprint density at radius 2 is 1.76 bits per heavy atom. The molecule has 29 heavy (non-hydrogen) atoms. The van der Waals surface area contributed by atoms with Crippen LogP contribution in [0.25, 0.3) is 0 Å². The average molecular weight is 398 g/mol. The van der Waals surface area contributed by atoms with Gasteiger partial charge >= 0.3 is 6.03 Å². The number of hydrogen-bond donors (Lipinski definition) is 4. The molecule has 2 amide bonds. The molecular weight excluding hydrogens is 366 g/mol. The van der Waals surface area contributed by atoms with E-state index in [0.717, 1.165) is 28.1 Å². The number of rotatable bonds is 7. The lowest BCUT2D eigenvalue weighted by molar-refractivity contribution is 0.250. The molecule has 2 aromatic rings. The van der Waals surface area contributed by atoms with E-state index in [4.69, 9.17) is 4.74 Å². The second kappa shape index (κ2) is 10.9. The number of aryl methyl sites for hydroxylation is 1. The highest BCUT2D eigenvalue weighted by Gasteiger charge is 2.06. The minimum atomic E-state index is -0.206. The molecule has 0 aliphatic rings. The highest BCUT2D eigenvalue weighted by molar-refractivity contribution is 5.89. The number of ether oxygens (including phenoxy) is 1. The van der Waals surface area contributed by atoms with Crippen LogP contribution in [0, 0.1) is 6.92 Å². The topological polar surface area (TPSA) is 86.8 Å². The lowest BCUT2D eigenvalue weighted by Gasteiger charge is -2.14. The zero-order valence-electron chi connectivity index (χ0n) is 17.8. The van der Waals surface area contributed by atoms with E-state index in [-0.39, 0.29) is 12.1 Å². The molecular formula is C22H31N5O2. The predicted molar refractivity (Wildman–Crippen MR) is 119 cm³/mol. The number of urea groups is 1. The van der Waals surface area contributed by atoms with Gasteiger partial charge in [-0.15, -0.1) is 0 Å². The fourth-order valence-corrected chi connectivity index (χ4v) is 2.72. The van der Waals surface area contributed by atoms with Gasteiger partial charge < -0.3 is 26.0 Å². The number of hydrogen-bond acceptors (Lipinski definition) is 3. The Morgan fingerprint density at radius 3 is 2.38 bits per heavy atom. The summed E-state index contributed by atoms with van der Waals surface area (Å²) in [5, 5.41) is 12.2. The van der Waals surface area contributed by atoms with Crippen molar-refractivity contribution in [2.24, 2.45) is 4.99 Å². The van der Waals surface area contributed by atoms with Gasteiger partial charge in [0.25, 0.3) is 0 Å². The van der Waals surface area contributed by atoms with E-state index in [1.165, 1.54) is 0 Å². The number of nitrogens with one attached hydrogen (secondary N) is 4. The third-order valence-corrected chi connectivity index (χ3v) is 4.20. The van der Waals surface area contributed by atoms with Crippen molar-refractivity contribution in [2.45, 2.75) is 39.9 Å². The second-order valence-electron chi connectivity index (χ2n) is 7.04. The summed E-state index contributed by atoms with van der Waals surface area (Å²) >= 11 is 0. The summed E-state index contributed by atoms with van der Waals surface area (Å²) in [6, 6.07) is 13.7. The van der Waals surface area contributed by atoms with Crippen molar-refractivity contribution in [1.29, 1.82) is 0 Å². The molecule has 156 valence electrons. The Bertz CT molecular complexity index is 832. The zero-order chi connectivity index (χ0) is 21.2. The van der Waals surface area contributed by atoms with Crippen LogP contribution >= 0.6 is 0 Å². The first-order valence-electron chi connectivity index (χ1n) is 9.65. The van der Waals surface area contributed by atoms with Gasteiger partial charge in [-0.3, -0.25) is 4.99 Å². The van der Waals surface area contributed by atoms with E-state index in [2.05, 4.69) is 38.4 Å². The molecule has 2 aromatic carbocycles. The van der Waals surface area contributed by atoms with Gasteiger partial charge in [-0.2, -0.15) is 0 Å². The molecule has 0 unspecified atom stereocenters. The summed E-state index contributed by atoms with van der Waals surface area (Å²) in [4.78, 5) is 16.0. The van der Waals surface area contributed by atoms with Crippen LogP contribution in [0.15, 0.2) is 47.5 Å². The quantitative estimate of drug-likeness (QED) is 0.426. The molecule has 7 nitrogen and oxygen atoms in total. The Balaban J connectivity index is 1.85. The van der Waals surface area contributed by atoms with E-state index in [1.807, 2.05) is 51.1 Å². The first kappa shape index (κ1) is 22.1. The number of anilines is 1. The Morgan fingerprint density at radius 1 is 1.07 bits per heavy atom. The lowest BCUT2D eigenvalue weighted by atomic mass is 10.1. The summed E-state index contributed by atoms with van der Waals surface area (Å²) < 4.78 is 5.45. The third kappa shape index (κ3) is 7.37. The summed E-state index contributed by atoms with van der Waals surface area (Å²) in [5.74, 6) is 1.56. The molecule has 0 atom stereocenters. The van der Waals surface area contributed by atoms with Crippen LogP contribution in [0.4, 0.5) is 10.5 Å². The van der Waals surface area contributed by atoms with Crippen molar-refractivity contribution in [2.75, 3.05) is 19.5 Å². The second-order valence-corrected chi connectivity index (χ2v) is 7.04. The Kier molecular flexibility index (Phi) is 8.33. The Labute approximate surface area is 173 Å². The zero-order valence-corrected chi connectivity index (χ0v) is 17.8. The molecule has 0 spiro atoms. The summed E-state index contributed by atoms with van der Waals surface area (Å²) in [7, 11) is 3.42. The van der Waals surface area contributed by atoms with E-state index in [9.17, 15) is 4.79 Å². The van der Waals surface area contributed by atoms with E-state index < -0.39 is 0 Å². The standard InChI is InChI=1S/C22H31N5O2/c1-15(2)26-22(28)27-19-10-7-17(8-11-19)13-24-21(23-4)25-14-18-9-6-16(3)12-20(18)29-5/h6-12,15H,13-14H2,1-5H3,(H2,23,24,25)(H2,26,27,28). The molecule has 0 saturated carbocycles. The fraction of sp³-hybridized carbons (Fsp3) is 0.364. The van der Waals surface area contributed by atoms with Crippen LogP contribution in [-0.2, 0) is 13.1 Å². The van der Waals surface area contributed by atoms with Crippen LogP contribution in [0.1, 0.15) is 30.5 Å². The molecule has 0 aliphatic carbocycles. The number of benzene rings is 2. The fourth-order valence-electron chi connectivity index (χ4n) is 2.72. The van der Waals surface area contributed by atoms with Gasteiger partial charge in [0.1, 0.15) is 5.75 Å². The lowest BCUT2D eigenvalue weighted by Crippen LogP contribution is -2.36. The first-order valence-corrected chi connectivity index (χ1v) is 9.65. The smallest absolute Gasteiger partial charge is 0.319 e. The van der Waals surface area contributed by atoms with Crippen molar-refractivity contribution in [3.05, 3.63) is 59.2 Å². The maximum atomic E-state index is 11.7. The number of amides is 2. The number of carbonyl (C=O) groups is 1. The van der Waals surface area contributed by atoms with Crippen LogP contribution in [0.3, 0.4) is 0 Å². The number of guanidine groups is 1. The first-order chi connectivity index (χ1) is 13.9. The van der Waals surface area contributed by atoms with E-state index >= 15 is 0 Å². The van der Waals surface area contributed by atoms with Crippen molar-refractivity contribution in [3.63, 3.8) is 0 Å². The van der Waals surface area contributed by atoms with E-state index in [0.29, 0.717) is 19.0 Å². The molecule has 0 aromatic heterocycles. The minimum absolute atomic E-state index is 0.0950. The monoisotopic (exact) mass is 397 g/mol. The molecule has 0 heterocycles. The number of nitrogens with zero attached hydrogens (tertiary/aromatic N) is 1. The highest BCUT2D eigenvalue weighted by atomic mass is 16.5. The van der Waals surface area contributed by atoms with E-state index in [1.54, 1.807) is 14.2 Å². The molecule has 0 bridgehead atoms. The van der Waals surface area contributed by atoms with Crippen molar-refractivity contribution < 1.29 is 9.53 Å². The summed E-state index contributed by atoms with van der Waals surface area (Å²) in [6.45, 7) is 7.10. The van der Waals surface area contributed by atoms with Crippen LogP contribution in [-0.4, -0.2) is 32.2 Å². The number of methoxy groups -OCH3 is 1. The highest BCUT2D eigenvalue weighted by Crippen LogP contribution is 2.19. The summed E-state index contributed by atoms with van der Waals surface area (Å²) in [6.07, 6.45) is 0. The number of carbonyl (C=O) groups excluding carboxylic acids is 1. The van der Waals surface area contributed by atoms with Gasteiger partial charge in [-0.25, -0.2) is 4.79 Å². The normalized spacial score (nSPS) is 11.2. The SMILES string of the molecule is CN=C(NCc1ccc(NC(=O)NC(C)C)cc1)NCc1ccc(C)cc1OC. The predicted octanol–water partition coefficient (Wildman–Crippen LogP) is 3.40. The molecule has 2 rings (SSSR count). The third-order valence-electron chi connectivity index (χ3n) is 4.20. The molecule has 4 N–H and O–H groups in total. The summed E-state index contributed by atoms with van der Waals surface area (Å²) in [5.41, 5.74) is 4.06. The van der Waals surface area contributed by atoms with Gasteiger partial charge in [0.15, 0.2) is 5.96 Å². The Hall–Kier alpha value is -3.22. The minimum Gasteiger partial charge on any atom is -0.496 e. The maximum absolute atomic E-state index is 11.7. The average Bonchev–Trinajstić information content (AvgIpc) is 2.69. The van der Waals surface area contributed by atoms with Gasteiger partial charge in [-0.1, -0.05) is 24.3 Å². The largest absolute Gasteiger partial charge is 0.496 e. The molecule has 0 saturated heterocycles. The van der Waals surface area contributed by atoms with Crippen LogP contribution in [0.5, 0.6) is 5.75 Å². The van der Waals surface area contributed by atoms with Gasteiger partial charge in [-0.05, 0) is 50.1 Å². The van der Waals surface area contributed by atoms with Crippen LogP contribution < -0.4 is 26.0 Å². The molecule has 7 heteroatoms. The molecule has 0 aliphatic heterocycles. The van der Waals surface area contributed by atoms with Crippen LogP contribution in [0.2, 0.25) is 0 Å². The van der Waals surface area contributed by atoms with Crippen molar-refractivity contribution >= 4 is 17.7 Å². The number of aliphatic imine (C=N–C) groups is 1. The van der Waals surface area contributed by atoms with Gasteiger partial charge in [0.2, 0.25) is 0 Å². The molecule has 0 fully saturated rings. The van der Waals surface area contributed by atoms with Gasteiger partial charge in [0, 0.05) is 37.4 Å². The maximum Gasteiger partial charge on any atom is 0.319 e. The van der Waals surface area contributed by atoms with Crippen molar-refractivity contribution in [3.8, 4) is 5.75 Å². The van der Waals surface area contributed by atoms with Crippen molar-refractivity contribution in [1.82, 2.24) is 16.0 Å².